The molecule has 1 unspecified atom stereocenters. The Kier molecular flexibility index (Phi) is 5.43. The van der Waals surface area contributed by atoms with Crippen molar-refractivity contribution in [1.29, 1.82) is 0 Å². The largest absolute Gasteiger partial charge is 0.476 e. The number of amides is 1. The van der Waals surface area contributed by atoms with Gasteiger partial charge in [-0.25, -0.2) is 9.48 Å². The van der Waals surface area contributed by atoms with Gasteiger partial charge in [0.15, 0.2) is 5.69 Å². The number of ether oxygens (including phenoxy) is 1. The fraction of sp³-hybridized carbons (Fsp3) is 0.636. The summed E-state index contributed by atoms with van der Waals surface area (Å²) >= 11 is 0. The summed E-state index contributed by atoms with van der Waals surface area (Å²) in [6, 6.07) is -0.0973. The maximum absolute atomic E-state index is 11.8. The van der Waals surface area contributed by atoms with Crippen LogP contribution in [0.3, 0.4) is 0 Å². The van der Waals surface area contributed by atoms with Gasteiger partial charge in [-0.3, -0.25) is 4.79 Å². The highest BCUT2D eigenvalue weighted by atomic mass is 16.5. The molecule has 19 heavy (non-hydrogen) atoms. The summed E-state index contributed by atoms with van der Waals surface area (Å²) in [5.41, 5.74) is -0.190. The molecule has 0 aliphatic rings. The van der Waals surface area contributed by atoms with E-state index < -0.39 is 5.97 Å². The molecule has 0 saturated heterocycles. The fourth-order valence-corrected chi connectivity index (χ4v) is 1.45. The minimum Gasteiger partial charge on any atom is -0.476 e. The van der Waals surface area contributed by atoms with E-state index in [2.05, 4.69) is 15.6 Å². The molecule has 1 heterocycles. The standard InChI is InChI=1S/C11H18N4O4/c1-7(2)9(6-19-3)12-10(16)5-15-4-8(11(17)18)13-14-15/h4,7,9H,5-6H2,1-3H3,(H,12,16)(H,17,18). The van der Waals surface area contributed by atoms with Crippen LogP contribution in [0.25, 0.3) is 0 Å². The summed E-state index contributed by atoms with van der Waals surface area (Å²) in [6.45, 7) is 4.29. The Balaban J connectivity index is 2.55. The zero-order valence-electron chi connectivity index (χ0n) is 11.2. The molecule has 2 N–H and O–H groups in total. The lowest BCUT2D eigenvalue weighted by atomic mass is 10.1. The second kappa shape index (κ2) is 6.83. The minimum atomic E-state index is -1.17. The van der Waals surface area contributed by atoms with Crippen molar-refractivity contribution in [3.8, 4) is 0 Å². The number of aromatic carboxylic acids is 1. The molecule has 0 aliphatic heterocycles. The number of hydrogen-bond acceptors (Lipinski definition) is 5. The van der Waals surface area contributed by atoms with Gasteiger partial charge < -0.3 is 15.2 Å². The second-order valence-electron chi connectivity index (χ2n) is 4.48. The van der Waals surface area contributed by atoms with Crippen molar-refractivity contribution in [2.75, 3.05) is 13.7 Å². The number of rotatable bonds is 7. The van der Waals surface area contributed by atoms with E-state index >= 15 is 0 Å². The van der Waals surface area contributed by atoms with Gasteiger partial charge >= 0.3 is 5.97 Å². The summed E-state index contributed by atoms with van der Waals surface area (Å²) in [4.78, 5) is 22.4. The van der Waals surface area contributed by atoms with E-state index in [4.69, 9.17) is 9.84 Å². The molecular weight excluding hydrogens is 252 g/mol. The van der Waals surface area contributed by atoms with Gasteiger partial charge in [-0.05, 0) is 5.92 Å². The minimum absolute atomic E-state index is 0.0762. The number of carbonyl (C=O) groups excluding carboxylic acids is 1. The van der Waals surface area contributed by atoms with E-state index in [0.717, 1.165) is 0 Å². The van der Waals surface area contributed by atoms with Crippen molar-refractivity contribution in [1.82, 2.24) is 20.3 Å². The number of nitrogens with one attached hydrogen (secondary N) is 1. The number of carboxylic acids is 1. The predicted octanol–water partition coefficient (Wildman–Crippen LogP) is -0.236. The van der Waals surface area contributed by atoms with E-state index in [-0.39, 0.29) is 30.1 Å². The third kappa shape index (κ3) is 4.66. The van der Waals surface area contributed by atoms with Crippen LogP contribution in [-0.4, -0.2) is 51.7 Å². The maximum atomic E-state index is 11.8. The first-order valence-corrected chi connectivity index (χ1v) is 5.85. The second-order valence-corrected chi connectivity index (χ2v) is 4.48. The van der Waals surface area contributed by atoms with Crippen LogP contribution in [0.2, 0.25) is 0 Å². The lowest BCUT2D eigenvalue weighted by molar-refractivity contribution is -0.123. The van der Waals surface area contributed by atoms with Crippen LogP contribution in [-0.2, 0) is 16.1 Å². The third-order valence-electron chi connectivity index (χ3n) is 2.56. The Labute approximate surface area is 110 Å². The average Bonchev–Trinajstić information content (AvgIpc) is 2.76. The smallest absolute Gasteiger partial charge is 0.358 e. The Morgan fingerprint density at radius 1 is 1.53 bits per heavy atom. The first kappa shape index (κ1) is 15.1. The molecule has 0 saturated carbocycles. The fourth-order valence-electron chi connectivity index (χ4n) is 1.45. The average molecular weight is 270 g/mol. The molecule has 106 valence electrons. The highest BCUT2D eigenvalue weighted by molar-refractivity contribution is 5.84. The highest BCUT2D eigenvalue weighted by Crippen LogP contribution is 2.02. The predicted molar refractivity (Wildman–Crippen MR) is 65.6 cm³/mol. The van der Waals surface area contributed by atoms with Gasteiger partial charge in [0.2, 0.25) is 5.91 Å². The zero-order valence-corrected chi connectivity index (χ0v) is 11.2. The van der Waals surface area contributed by atoms with Gasteiger partial charge in [0, 0.05) is 7.11 Å². The molecular formula is C11H18N4O4. The summed E-state index contributed by atoms with van der Waals surface area (Å²) in [7, 11) is 1.57. The summed E-state index contributed by atoms with van der Waals surface area (Å²) in [6.07, 6.45) is 1.21. The molecule has 1 rings (SSSR count). The van der Waals surface area contributed by atoms with Crippen LogP contribution < -0.4 is 5.32 Å². The monoisotopic (exact) mass is 270 g/mol. The number of carboxylic acid groups (broad SMARTS) is 1. The van der Waals surface area contributed by atoms with Gasteiger partial charge in [0.1, 0.15) is 6.54 Å². The van der Waals surface area contributed by atoms with Crippen molar-refractivity contribution < 1.29 is 19.4 Å². The molecule has 0 bridgehead atoms. The lowest BCUT2D eigenvalue weighted by Gasteiger charge is -2.21. The van der Waals surface area contributed by atoms with Crippen molar-refractivity contribution in [3.63, 3.8) is 0 Å². The van der Waals surface area contributed by atoms with Crippen LogP contribution in [0.1, 0.15) is 24.3 Å². The maximum Gasteiger partial charge on any atom is 0.358 e. The molecule has 8 heteroatoms. The normalized spacial score (nSPS) is 12.4. The quantitative estimate of drug-likeness (QED) is 0.708. The molecule has 1 atom stereocenters. The molecule has 0 fully saturated rings. The summed E-state index contributed by atoms with van der Waals surface area (Å²) < 4.78 is 6.21. The first-order valence-electron chi connectivity index (χ1n) is 5.85. The van der Waals surface area contributed by atoms with E-state index in [1.807, 2.05) is 13.8 Å². The molecule has 0 aliphatic carbocycles. The van der Waals surface area contributed by atoms with Gasteiger partial charge in [0.25, 0.3) is 0 Å². The number of methoxy groups -OCH3 is 1. The molecule has 0 radical (unpaired) electrons. The highest BCUT2D eigenvalue weighted by Gasteiger charge is 2.17. The lowest BCUT2D eigenvalue weighted by Crippen LogP contribution is -2.43. The van der Waals surface area contributed by atoms with E-state index in [0.29, 0.717) is 6.61 Å². The van der Waals surface area contributed by atoms with E-state index in [1.165, 1.54) is 10.9 Å². The van der Waals surface area contributed by atoms with Crippen LogP contribution in [0.15, 0.2) is 6.20 Å². The van der Waals surface area contributed by atoms with Crippen molar-refractivity contribution in [2.45, 2.75) is 26.4 Å². The first-order chi connectivity index (χ1) is 8.93. The molecule has 0 aromatic carbocycles. The number of nitrogens with zero attached hydrogens (tertiary/aromatic N) is 3. The van der Waals surface area contributed by atoms with Crippen LogP contribution in [0.4, 0.5) is 0 Å². The van der Waals surface area contributed by atoms with Gasteiger partial charge in [0.05, 0.1) is 18.8 Å². The molecule has 1 aromatic heterocycles. The number of hydrogen-bond donors (Lipinski definition) is 2. The number of carbonyl (C=O) groups is 2. The molecule has 1 amide bonds. The summed E-state index contributed by atoms with van der Waals surface area (Å²) in [5, 5.41) is 18.5. The molecule has 1 aromatic rings. The number of aromatic nitrogens is 3. The molecule has 0 spiro atoms. The SMILES string of the molecule is COCC(NC(=O)Cn1cc(C(=O)O)nn1)C(C)C. The van der Waals surface area contributed by atoms with E-state index in [1.54, 1.807) is 7.11 Å². The van der Waals surface area contributed by atoms with E-state index in [9.17, 15) is 9.59 Å². The summed E-state index contributed by atoms with van der Waals surface area (Å²) in [5.74, 6) is -1.21. The Morgan fingerprint density at radius 2 is 2.21 bits per heavy atom. The van der Waals surface area contributed by atoms with Crippen molar-refractivity contribution in [3.05, 3.63) is 11.9 Å². The zero-order chi connectivity index (χ0) is 14.4. The van der Waals surface area contributed by atoms with Crippen LogP contribution in [0.5, 0.6) is 0 Å². The Bertz CT molecular complexity index is 444. The van der Waals surface area contributed by atoms with Crippen molar-refractivity contribution in [2.24, 2.45) is 5.92 Å². The molecule has 8 nitrogen and oxygen atoms in total. The van der Waals surface area contributed by atoms with Gasteiger partial charge in [-0.15, -0.1) is 5.10 Å². The van der Waals surface area contributed by atoms with Crippen molar-refractivity contribution >= 4 is 11.9 Å². The van der Waals surface area contributed by atoms with Crippen LogP contribution >= 0.6 is 0 Å². The Morgan fingerprint density at radius 3 is 2.68 bits per heavy atom. The van der Waals surface area contributed by atoms with Gasteiger partial charge in [-0.1, -0.05) is 19.1 Å². The Hall–Kier alpha value is -1.96. The van der Waals surface area contributed by atoms with Gasteiger partial charge in [-0.2, -0.15) is 0 Å². The third-order valence-corrected chi connectivity index (χ3v) is 2.56. The topological polar surface area (TPSA) is 106 Å². The van der Waals surface area contributed by atoms with Crippen LogP contribution in [0, 0.1) is 5.92 Å².